The lowest BCUT2D eigenvalue weighted by atomic mass is 10.2. The minimum absolute atomic E-state index is 0.00802. The van der Waals surface area contributed by atoms with Gasteiger partial charge in [0.25, 0.3) is 0 Å². The van der Waals surface area contributed by atoms with Gasteiger partial charge in [-0.15, -0.1) is 0 Å². The van der Waals surface area contributed by atoms with Crippen LogP contribution >= 0.6 is 0 Å². The fraction of sp³-hybridized carbons (Fsp3) is 0.735. The molecule has 3 saturated heterocycles. The highest BCUT2D eigenvalue weighted by atomic mass is 16.6. The Morgan fingerprint density at radius 3 is 1.35 bits per heavy atom. The van der Waals surface area contributed by atoms with Crippen LogP contribution in [0.1, 0.15) is 81.6 Å². The van der Waals surface area contributed by atoms with E-state index in [2.05, 4.69) is 20.8 Å². The van der Waals surface area contributed by atoms with Crippen molar-refractivity contribution in [2.75, 3.05) is 41.0 Å². The van der Waals surface area contributed by atoms with Gasteiger partial charge in [-0.1, -0.05) is 12.2 Å². The number of likely N-dealkylation sites (tertiary alicyclic amines) is 3. The molecule has 1 N–H and O–H groups in total. The predicted octanol–water partition coefficient (Wildman–Crippen LogP) is 2.99. The summed E-state index contributed by atoms with van der Waals surface area (Å²) >= 11 is 0. The Morgan fingerprint density at radius 1 is 0.608 bits per heavy atom. The number of esters is 3. The highest BCUT2D eigenvalue weighted by Crippen LogP contribution is 2.25. The van der Waals surface area contributed by atoms with E-state index in [0.717, 1.165) is 10.5 Å². The summed E-state index contributed by atoms with van der Waals surface area (Å²) in [5, 5.41) is 9.50. The minimum Gasteiger partial charge on any atom is -0.467 e. The number of hydrogen-bond acceptors (Lipinski definition) is 14. The summed E-state index contributed by atoms with van der Waals surface area (Å²) < 4.78 is 29.3. The summed E-state index contributed by atoms with van der Waals surface area (Å²) in [4.78, 5) is 84.9. The first-order valence-corrected chi connectivity index (χ1v) is 16.3. The molecule has 0 radical (unpaired) electrons. The van der Waals surface area contributed by atoms with E-state index in [1.54, 1.807) is 62.3 Å². The molecule has 0 aromatic heterocycles. The van der Waals surface area contributed by atoms with Crippen molar-refractivity contribution in [2.24, 2.45) is 0 Å². The molecule has 51 heavy (non-hydrogen) atoms. The van der Waals surface area contributed by atoms with Crippen LogP contribution in [0, 0.1) is 0 Å². The summed E-state index contributed by atoms with van der Waals surface area (Å²) in [5.74, 6) is -1.74. The van der Waals surface area contributed by atoms with Gasteiger partial charge in [-0.3, -0.25) is 19.5 Å². The van der Waals surface area contributed by atoms with Gasteiger partial charge < -0.3 is 33.5 Å². The maximum atomic E-state index is 11.9. The number of β-amino-alcohol motifs (C(OH)–C–C–N with tert-alkyl or cyclic N) is 1. The highest BCUT2D eigenvalue weighted by Gasteiger charge is 2.43. The van der Waals surface area contributed by atoms with Gasteiger partial charge in [0, 0.05) is 25.8 Å². The maximum absolute atomic E-state index is 11.9. The molecule has 3 aliphatic rings. The molecule has 0 aromatic carbocycles. The molecule has 0 bridgehead atoms. The predicted molar refractivity (Wildman–Crippen MR) is 180 cm³/mol. The highest BCUT2D eigenvalue weighted by molar-refractivity contribution is 5.95. The Bertz CT molecular complexity index is 1240. The number of carbonyl (C=O) groups excluding carboxylic acids is 7. The van der Waals surface area contributed by atoms with E-state index < -0.39 is 77.2 Å². The van der Waals surface area contributed by atoms with E-state index in [-0.39, 0.29) is 31.7 Å². The zero-order chi connectivity index (χ0) is 39.6. The number of amides is 3. The molecule has 3 rings (SSSR count). The molecule has 17 nitrogen and oxygen atoms in total. The molecule has 4 atom stereocenters. The van der Waals surface area contributed by atoms with Crippen LogP contribution in [0.5, 0.6) is 0 Å². The Morgan fingerprint density at radius 2 is 0.961 bits per heavy atom. The van der Waals surface area contributed by atoms with Gasteiger partial charge in [-0.2, -0.15) is 0 Å². The van der Waals surface area contributed by atoms with Crippen molar-refractivity contribution >= 4 is 42.0 Å². The Balaban J connectivity index is 0.000000382. The van der Waals surface area contributed by atoms with Crippen LogP contribution in [0.3, 0.4) is 0 Å². The minimum atomic E-state index is -0.859. The zero-order valence-corrected chi connectivity index (χ0v) is 31.9. The van der Waals surface area contributed by atoms with Crippen LogP contribution in [0.25, 0.3) is 0 Å². The molecule has 3 fully saturated rings. The number of Topliss-reactive ketones (excluding diaryl/α,β-unsaturated/α-hetero) is 1. The smallest absolute Gasteiger partial charge is 0.411 e. The number of methoxy groups -OCH3 is 3. The van der Waals surface area contributed by atoms with Crippen LogP contribution < -0.4 is 0 Å². The van der Waals surface area contributed by atoms with Crippen molar-refractivity contribution in [3.05, 3.63) is 12.2 Å². The number of aliphatic hydroxyl groups excluding tert-OH is 1. The molecule has 0 saturated carbocycles. The third-order valence-electron chi connectivity index (χ3n) is 6.98. The first kappa shape index (κ1) is 44.6. The van der Waals surface area contributed by atoms with E-state index in [1.807, 2.05) is 0 Å². The Kier molecular flexibility index (Phi) is 15.9. The number of hydrogen-bond donors (Lipinski definition) is 1. The largest absolute Gasteiger partial charge is 0.467 e. The van der Waals surface area contributed by atoms with E-state index in [0.29, 0.717) is 13.0 Å². The lowest BCUT2D eigenvalue weighted by Crippen LogP contribution is -2.43. The second-order valence-electron chi connectivity index (χ2n) is 15.1. The topological polar surface area (TPSA) is 205 Å². The molecular weight excluding hydrogens is 674 g/mol. The SMILES string of the molecule is C=C1C[C@@H](C(=O)OC)N(C(=O)OC(C)(C)C)C1.COC(=O)[C@@H]1CC(=O)CN1C(=O)OC(C)(C)C.COC(=O)[C@@H]1C[C@@H](O)CN1C(=O)OC(C)(C)C. The van der Waals surface area contributed by atoms with Crippen LogP contribution in [0.4, 0.5) is 14.4 Å². The fourth-order valence-electron chi connectivity index (χ4n) is 4.90. The molecule has 0 aromatic rings. The van der Waals surface area contributed by atoms with Crippen LogP contribution in [0.2, 0.25) is 0 Å². The Labute approximate surface area is 299 Å². The van der Waals surface area contributed by atoms with Gasteiger partial charge in [-0.25, -0.2) is 28.8 Å². The monoisotopic (exact) mass is 729 g/mol. The molecule has 290 valence electrons. The van der Waals surface area contributed by atoms with Crippen molar-refractivity contribution < 1.29 is 67.1 Å². The second-order valence-corrected chi connectivity index (χ2v) is 15.1. The van der Waals surface area contributed by atoms with Crippen molar-refractivity contribution in [1.29, 1.82) is 0 Å². The molecule has 0 unspecified atom stereocenters. The lowest BCUT2D eigenvalue weighted by Gasteiger charge is -2.27. The molecule has 17 heteroatoms. The number of carbonyl (C=O) groups is 7. The van der Waals surface area contributed by atoms with Crippen molar-refractivity contribution in [3.8, 4) is 0 Å². The number of ether oxygens (including phenoxy) is 6. The summed E-state index contributed by atoms with van der Waals surface area (Å²) in [5.41, 5.74) is -1.05. The van der Waals surface area contributed by atoms with E-state index in [1.165, 1.54) is 31.1 Å². The molecule has 3 aliphatic heterocycles. The molecular formula is C34H55N3O14. The van der Waals surface area contributed by atoms with Gasteiger partial charge in [0.2, 0.25) is 0 Å². The van der Waals surface area contributed by atoms with Crippen molar-refractivity contribution in [3.63, 3.8) is 0 Å². The third kappa shape index (κ3) is 14.8. The van der Waals surface area contributed by atoms with Gasteiger partial charge in [0.05, 0.1) is 40.5 Å². The molecule has 0 aliphatic carbocycles. The van der Waals surface area contributed by atoms with Crippen LogP contribution in [-0.2, 0) is 47.6 Å². The van der Waals surface area contributed by atoms with Gasteiger partial charge in [0.1, 0.15) is 34.9 Å². The Hall–Kier alpha value is -4.41. The van der Waals surface area contributed by atoms with Crippen LogP contribution in [0.15, 0.2) is 12.2 Å². The summed E-state index contributed by atoms with van der Waals surface area (Å²) in [6, 6.07) is -2.23. The number of nitrogens with zero attached hydrogens (tertiary/aromatic N) is 3. The van der Waals surface area contributed by atoms with Gasteiger partial charge in [-0.05, 0) is 62.3 Å². The molecule has 3 amide bonds. The second kappa shape index (κ2) is 18.2. The van der Waals surface area contributed by atoms with Crippen molar-refractivity contribution in [2.45, 2.75) is 123 Å². The normalized spacial score (nSPS) is 21.8. The number of ketones is 1. The third-order valence-corrected chi connectivity index (χ3v) is 6.98. The van der Waals surface area contributed by atoms with E-state index >= 15 is 0 Å². The first-order valence-electron chi connectivity index (χ1n) is 16.3. The fourth-order valence-corrected chi connectivity index (χ4v) is 4.90. The number of aliphatic hydroxyl groups is 1. The standard InChI is InChI=1S/C12H19NO4.C11H19NO5.C11H17NO5/c1-8-6-9(10(14)16-5)13(7-8)11(15)17-12(2,3)4;2*1-11(2,3)17-10(15)12-6-7(13)5-8(12)9(14)16-4/h9H,1,6-7H2,2-5H3;7-8,13H,5-6H2,1-4H3;8H,5-6H2,1-4H3/t9-;7-,8+;8-/m010/s1. The molecule has 0 spiro atoms. The first-order chi connectivity index (χ1) is 23.2. The van der Waals surface area contributed by atoms with Gasteiger partial charge in [0.15, 0.2) is 5.78 Å². The summed E-state index contributed by atoms with van der Waals surface area (Å²) in [6.07, 6.45) is -1.88. The van der Waals surface area contributed by atoms with E-state index in [4.69, 9.17) is 14.2 Å². The average Bonchev–Trinajstić information content (AvgIpc) is 3.70. The molecule has 3 heterocycles. The summed E-state index contributed by atoms with van der Waals surface area (Å²) in [6.45, 7) is 19.8. The number of rotatable bonds is 3. The van der Waals surface area contributed by atoms with E-state index in [9.17, 15) is 38.7 Å². The van der Waals surface area contributed by atoms with Crippen LogP contribution in [-0.4, -0.2) is 144 Å². The lowest BCUT2D eigenvalue weighted by molar-refractivity contribution is -0.146. The average molecular weight is 730 g/mol. The quantitative estimate of drug-likeness (QED) is 0.252. The maximum Gasteiger partial charge on any atom is 0.411 e. The van der Waals surface area contributed by atoms with Gasteiger partial charge >= 0.3 is 36.2 Å². The summed E-state index contributed by atoms with van der Waals surface area (Å²) in [7, 11) is 3.77. The van der Waals surface area contributed by atoms with Crippen molar-refractivity contribution in [1.82, 2.24) is 14.7 Å². The zero-order valence-electron chi connectivity index (χ0n) is 31.9.